The molecular formula is C34H48O8. The Hall–Kier alpha value is -2.97. The molecule has 8 heteroatoms. The molecule has 1 aliphatic heterocycles. The molecule has 8 nitrogen and oxygen atoms in total. The first-order valence-corrected chi connectivity index (χ1v) is 15.1. The summed E-state index contributed by atoms with van der Waals surface area (Å²) in [4.78, 5) is 37.2. The van der Waals surface area contributed by atoms with Gasteiger partial charge in [0.2, 0.25) is 12.6 Å². The minimum atomic E-state index is -1.20. The molecule has 8 atom stereocenters. The summed E-state index contributed by atoms with van der Waals surface area (Å²) in [5.41, 5.74) is -0.254. The van der Waals surface area contributed by atoms with Crippen LogP contribution in [0.1, 0.15) is 86.0 Å². The maximum Gasteiger partial charge on any atom is 0.331 e. The Balaban J connectivity index is 2.03. The smallest absolute Gasteiger partial charge is 0.331 e. The largest absolute Gasteiger partial charge is 0.455 e. The molecule has 2 aliphatic carbocycles. The average molecular weight is 585 g/mol. The van der Waals surface area contributed by atoms with Crippen molar-refractivity contribution < 1.29 is 38.4 Å². The highest BCUT2D eigenvalue weighted by Crippen LogP contribution is 2.67. The van der Waals surface area contributed by atoms with Crippen LogP contribution >= 0.6 is 0 Å². The third kappa shape index (κ3) is 7.14. The molecule has 0 bridgehead atoms. The van der Waals surface area contributed by atoms with E-state index < -0.39 is 53.5 Å². The van der Waals surface area contributed by atoms with Gasteiger partial charge in [0, 0.05) is 25.5 Å². The van der Waals surface area contributed by atoms with Crippen LogP contribution in [0.15, 0.2) is 60.8 Å². The summed E-state index contributed by atoms with van der Waals surface area (Å²) in [7, 11) is 0. The molecule has 0 radical (unpaired) electrons. The van der Waals surface area contributed by atoms with Crippen LogP contribution in [0, 0.1) is 22.7 Å². The molecular weight excluding hydrogens is 536 g/mol. The van der Waals surface area contributed by atoms with Crippen molar-refractivity contribution in [2.75, 3.05) is 0 Å². The minimum Gasteiger partial charge on any atom is -0.455 e. The molecule has 0 aromatic heterocycles. The zero-order valence-corrected chi connectivity index (χ0v) is 25.8. The molecule has 0 aromatic rings. The lowest BCUT2D eigenvalue weighted by Gasteiger charge is -2.60. The Morgan fingerprint density at radius 1 is 1.12 bits per heavy atom. The highest BCUT2D eigenvalue weighted by molar-refractivity contribution is 5.82. The highest BCUT2D eigenvalue weighted by atomic mass is 16.8. The van der Waals surface area contributed by atoms with Gasteiger partial charge >= 0.3 is 17.9 Å². The lowest BCUT2D eigenvalue weighted by molar-refractivity contribution is -0.254. The number of hydrogen-bond acceptors (Lipinski definition) is 8. The molecule has 0 amide bonds. The van der Waals surface area contributed by atoms with Gasteiger partial charge in [0.25, 0.3) is 0 Å². The first-order valence-electron chi connectivity index (χ1n) is 15.1. The third-order valence-electron chi connectivity index (χ3n) is 9.39. The van der Waals surface area contributed by atoms with Gasteiger partial charge in [0.15, 0.2) is 0 Å². The van der Waals surface area contributed by atoms with E-state index in [1.807, 2.05) is 12.2 Å². The van der Waals surface area contributed by atoms with E-state index in [0.29, 0.717) is 31.3 Å². The lowest BCUT2D eigenvalue weighted by atomic mass is 9.45. The van der Waals surface area contributed by atoms with E-state index in [4.69, 9.17) is 18.9 Å². The summed E-state index contributed by atoms with van der Waals surface area (Å²) in [6.45, 7) is 16.9. The zero-order chi connectivity index (χ0) is 31.1. The minimum absolute atomic E-state index is 0.0555. The van der Waals surface area contributed by atoms with Crippen molar-refractivity contribution in [3.05, 3.63) is 60.8 Å². The lowest BCUT2D eigenvalue weighted by Crippen LogP contribution is -2.63. The van der Waals surface area contributed by atoms with Gasteiger partial charge in [-0.2, -0.15) is 0 Å². The normalized spacial score (nSPS) is 33.9. The summed E-state index contributed by atoms with van der Waals surface area (Å²) in [6, 6.07) is 0. The van der Waals surface area contributed by atoms with Crippen LogP contribution in [0.2, 0.25) is 0 Å². The SMILES string of the molecule is C=CC(=C)CC[C@@]1(C)[C@H](C)C[C@@H](O)[C@]23C(=C[C@@H](OC(=O)/C=C\C=C/CCCCC)C[C@H]12)[C@H](OC(C)=O)O[C@H]3OC(C)=O. The first kappa shape index (κ1) is 33.5. The van der Waals surface area contributed by atoms with E-state index >= 15 is 0 Å². The second-order valence-electron chi connectivity index (χ2n) is 12.1. The molecule has 2 fully saturated rings. The van der Waals surface area contributed by atoms with Gasteiger partial charge in [-0.3, -0.25) is 14.3 Å². The van der Waals surface area contributed by atoms with Gasteiger partial charge in [0.1, 0.15) is 6.10 Å². The fraction of sp³-hybridized carbons (Fsp3) is 0.618. The van der Waals surface area contributed by atoms with Crippen LogP contribution in [-0.2, 0) is 33.3 Å². The number of ether oxygens (including phenoxy) is 4. The number of esters is 3. The van der Waals surface area contributed by atoms with Gasteiger partial charge < -0.3 is 19.3 Å². The number of rotatable bonds is 13. The topological polar surface area (TPSA) is 108 Å². The van der Waals surface area contributed by atoms with Crippen molar-refractivity contribution in [1.82, 2.24) is 0 Å². The quantitative estimate of drug-likeness (QED) is 0.0675. The molecule has 1 N–H and O–H groups in total. The molecule has 1 saturated heterocycles. The van der Waals surface area contributed by atoms with E-state index in [1.54, 1.807) is 18.2 Å². The molecule has 3 rings (SSSR count). The number of carbonyl (C=O) groups excluding carboxylic acids is 3. The maximum absolute atomic E-state index is 12.9. The fourth-order valence-corrected chi connectivity index (χ4v) is 7.02. The van der Waals surface area contributed by atoms with E-state index in [-0.39, 0.29) is 11.8 Å². The summed E-state index contributed by atoms with van der Waals surface area (Å²) in [6.07, 6.45) is 12.9. The van der Waals surface area contributed by atoms with Gasteiger partial charge in [-0.25, -0.2) is 4.79 Å². The summed E-state index contributed by atoms with van der Waals surface area (Å²) >= 11 is 0. The Morgan fingerprint density at radius 3 is 2.48 bits per heavy atom. The predicted molar refractivity (Wildman–Crippen MR) is 160 cm³/mol. The van der Waals surface area contributed by atoms with Crippen LogP contribution in [0.3, 0.4) is 0 Å². The molecule has 1 spiro atoms. The van der Waals surface area contributed by atoms with E-state index in [9.17, 15) is 19.5 Å². The third-order valence-corrected chi connectivity index (χ3v) is 9.39. The standard InChI is InChI=1S/C34H48O8/c1-8-10-11-12-13-14-15-16-30(38)41-26-20-27-31(39-24(5)35)42-32(40-25(6)36)34(27)28(21-26)33(7,18-17-22(3)9-2)23(4)19-29(34)37/h9,13-16,20,23,26,28-29,31-32,37H,2-3,8,10-12,17-19,21H2,1,4-7H3/b14-13-,16-15-/t23-,26-,28-,29-,31-,32-,33+,34+/m1/s1. The fourth-order valence-electron chi connectivity index (χ4n) is 7.02. The average Bonchev–Trinajstić information content (AvgIpc) is 3.21. The number of carbonyl (C=O) groups is 3. The number of unbranched alkanes of at least 4 members (excludes halogenated alkanes) is 3. The Labute approximate surface area is 250 Å². The van der Waals surface area contributed by atoms with Gasteiger partial charge in [-0.15, -0.1) is 0 Å². The maximum atomic E-state index is 12.9. The highest BCUT2D eigenvalue weighted by Gasteiger charge is 2.71. The van der Waals surface area contributed by atoms with E-state index in [1.165, 1.54) is 26.3 Å². The number of aliphatic hydroxyl groups is 1. The number of allylic oxidation sites excluding steroid dienone is 5. The number of aliphatic hydroxyl groups excluding tert-OH is 1. The first-order chi connectivity index (χ1) is 19.9. The Bertz CT molecular complexity index is 1120. The van der Waals surface area contributed by atoms with Crippen LogP contribution in [0.25, 0.3) is 0 Å². The van der Waals surface area contributed by atoms with Crippen molar-refractivity contribution in [2.24, 2.45) is 22.7 Å². The van der Waals surface area contributed by atoms with Crippen molar-refractivity contribution in [2.45, 2.75) is 111 Å². The molecule has 0 unspecified atom stereocenters. The van der Waals surface area contributed by atoms with Crippen LogP contribution in [-0.4, -0.2) is 47.8 Å². The van der Waals surface area contributed by atoms with E-state index in [0.717, 1.165) is 24.8 Å². The summed E-state index contributed by atoms with van der Waals surface area (Å²) in [5.74, 6) is -1.97. The van der Waals surface area contributed by atoms with Crippen molar-refractivity contribution in [3.8, 4) is 0 Å². The molecule has 0 aromatic carbocycles. The van der Waals surface area contributed by atoms with Crippen LogP contribution < -0.4 is 0 Å². The van der Waals surface area contributed by atoms with Crippen LogP contribution in [0.5, 0.6) is 0 Å². The van der Waals surface area contributed by atoms with Crippen molar-refractivity contribution >= 4 is 17.9 Å². The van der Waals surface area contributed by atoms with Gasteiger partial charge in [-0.1, -0.05) is 76.6 Å². The van der Waals surface area contributed by atoms with Gasteiger partial charge in [0.05, 0.1) is 11.5 Å². The summed E-state index contributed by atoms with van der Waals surface area (Å²) in [5, 5.41) is 11.8. The number of hydrogen-bond donors (Lipinski definition) is 1. The van der Waals surface area contributed by atoms with Crippen LogP contribution in [0.4, 0.5) is 0 Å². The molecule has 42 heavy (non-hydrogen) atoms. The molecule has 232 valence electrons. The Morgan fingerprint density at radius 2 is 1.83 bits per heavy atom. The molecule has 1 heterocycles. The Kier molecular flexibility index (Phi) is 11.6. The summed E-state index contributed by atoms with van der Waals surface area (Å²) < 4.78 is 23.3. The second-order valence-corrected chi connectivity index (χ2v) is 12.1. The molecule has 1 saturated carbocycles. The van der Waals surface area contributed by atoms with E-state index in [2.05, 4.69) is 33.9 Å². The van der Waals surface area contributed by atoms with Crippen molar-refractivity contribution in [1.29, 1.82) is 0 Å². The second kappa shape index (κ2) is 14.5. The molecule has 3 aliphatic rings. The van der Waals surface area contributed by atoms with Gasteiger partial charge in [-0.05, 0) is 61.9 Å². The monoisotopic (exact) mass is 584 g/mol. The zero-order valence-electron chi connectivity index (χ0n) is 25.8. The van der Waals surface area contributed by atoms with Crippen molar-refractivity contribution in [3.63, 3.8) is 0 Å². The predicted octanol–water partition coefficient (Wildman–Crippen LogP) is 6.26.